The Morgan fingerprint density at radius 3 is 2.53 bits per heavy atom. The van der Waals surface area contributed by atoms with E-state index in [9.17, 15) is 4.79 Å². The molecule has 1 aliphatic carbocycles. The van der Waals surface area contributed by atoms with Gasteiger partial charge < -0.3 is 4.74 Å². The van der Waals surface area contributed by atoms with Crippen molar-refractivity contribution in [2.45, 2.75) is 39.2 Å². The Hall–Kier alpha value is -1.25. The molecule has 3 nitrogen and oxygen atoms in total. The van der Waals surface area contributed by atoms with E-state index in [4.69, 9.17) is 4.74 Å². The minimum Gasteiger partial charge on any atom is -0.444 e. The van der Waals surface area contributed by atoms with Crippen LogP contribution in [0.3, 0.4) is 0 Å². The largest absolute Gasteiger partial charge is 0.444 e. The summed E-state index contributed by atoms with van der Waals surface area (Å²) in [6.45, 7) is 5.51. The first-order chi connectivity index (χ1) is 6.97. The molecule has 0 aromatic heterocycles. The second kappa shape index (κ2) is 5.01. The number of hydrogen-bond acceptors (Lipinski definition) is 2. The van der Waals surface area contributed by atoms with Crippen LogP contribution in [0.25, 0.3) is 0 Å². The number of alkyl carbamates (subject to hydrolysis) is 1. The molecule has 84 valence electrons. The lowest BCUT2D eigenvalue weighted by Gasteiger charge is -2.18. The maximum absolute atomic E-state index is 11.2. The van der Waals surface area contributed by atoms with Crippen molar-refractivity contribution in [1.82, 2.24) is 5.32 Å². The van der Waals surface area contributed by atoms with Gasteiger partial charge in [-0.05, 0) is 45.6 Å². The molecule has 0 heterocycles. The van der Waals surface area contributed by atoms with Crippen LogP contribution in [0, 0.1) is 5.92 Å². The van der Waals surface area contributed by atoms with Crippen molar-refractivity contribution in [3.63, 3.8) is 0 Å². The van der Waals surface area contributed by atoms with Gasteiger partial charge in [-0.3, -0.25) is 5.32 Å². The number of amides is 1. The molecule has 15 heavy (non-hydrogen) atoms. The second-order valence-electron chi connectivity index (χ2n) is 4.73. The summed E-state index contributed by atoms with van der Waals surface area (Å²) in [7, 11) is 0. The van der Waals surface area contributed by atoms with Gasteiger partial charge in [0.2, 0.25) is 0 Å². The minimum absolute atomic E-state index is 0.418. The van der Waals surface area contributed by atoms with Crippen LogP contribution in [0.1, 0.15) is 33.6 Å². The van der Waals surface area contributed by atoms with Crippen LogP contribution in [0.4, 0.5) is 4.79 Å². The number of nitrogens with one attached hydrogen (secondary N) is 1. The van der Waals surface area contributed by atoms with Gasteiger partial charge in [0, 0.05) is 6.20 Å². The normalized spacial score (nSPS) is 17.3. The zero-order valence-electron chi connectivity index (χ0n) is 9.62. The Kier molecular flexibility index (Phi) is 3.95. The Labute approximate surface area is 91.2 Å². The SMILES string of the molecule is CC(C)(C)OC(=O)NC=CC=CC1CC1. The summed E-state index contributed by atoms with van der Waals surface area (Å²) in [4.78, 5) is 11.2. The Bertz CT molecular complexity index is 270. The van der Waals surface area contributed by atoms with Crippen LogP contribution in [0.2, 0.25) is 0 Å². The maximum atomic E-state index is 11.2. The highest BCUT2D eigenvalue weighted by molar-refractivity contribution is 5.68. The van der Waals surface area contributed by atoms with Crippen LogP contribution >= 0.6 is 0 Å². The monoisotopic (exact) mass is 209 g/mol. The lowest BCUT2D eigenvalue weighted by Crippen LogP contribution is -2.29. The van der Waals surface area contributed by atoms with Gasteiger partial charge >= 0.3 is 6.09 Å². The molecule has 1 fully saturated rings. The summed E-state index contributed by atoms with van der Waals surface area (Å²) in [5.74, 6) is 0.760. The van der Waals surface area contributed by atoms with Gasteiger partial charge in [-0.1, -0.05) is 12.2 Å². The van der Waals surface area contributed by atoms with Gasteiger partial charge in [0.25, 0.3) is 0 Å². The fraction of sp³-hybridized carbons (Fsp3) is 0.583. The Morgan fingerprint density at radius 2 is 2.00 bits per heavy atom. The van der Waals surface area contributed by atoms with Gasteiger partial charge in [-0.2, -0.15) is 0 Å². The molecule has 0 spiro atoms. The van der Waals surface area contributed by atoms with Gasteiger partial charge in [-0.25, -0.2) is 4.79 Å². The lowest BCUT2D eigenvalue weighted by molar-refractivity contribution is 0.0552. The number of hydrogen-bond donors (Lipinski definition) is 1. The topological polar surface area (TPSA) is 38.3 Å². The summed E-state index contributed by atoms with van der Waals surface area (Å²) < 4.78 is 5.05. The fourth-order valence-electron chi connectivity index (χ4n) is 0.989. The summed E-state index contributed by atoms with van der Waals surface area (Å²) in [6, 6.07) is 0. The van der Waals surface area contributed by atoms with Crippen LogP contribution in [-0.2, 0) is 4.74 Å². The van der Waals surface area contributed by atoms with Crippen molar-refractivity contribution in [2.24, 2.45) is 5.92 Å². The molecule has 0 saturated heterocycles. The van der Waals surface area contributed by atoms with Crippen molar-refractivity contribution in [3.8, 4) is 0 Å². The van der Waals surface area contributed by atoms with Gasteiger partial charge in [0.1, 0.15) is 5.60 Å². The zero-order valence-corrected chi connectivity index (χ0v) is 9.62. The molecule has 0 radical (unpaired) electrons. The third-order valence-corrected chi connectivity index (χ3v) is 1.81. The predicted octanol–water partition coefficient (Wildman–Crippen LogP) is 2.99. The highest BCUT2D eigenvalue weighted by Gasteiger charge is 2.16. The van der Waals surface area contributed by atoms with Crippen LogP contribution < -0.4 is 5.32 Å². The van der Waals surface area contributed by atoms with Crippen molar-refractivity contribution in [2.75, 3.05) is 0 Å². The van der Waals surface area contributed by atoms with Gasteiger partial charge in [-0.15, -0.1) is 0 Å². The Balaban J connectivity index is 2.15. The third kappa shape index (κ3) is 6.77. The lowest BCUT2D eigenvalue weighted by atomic mass is 10.2. The molecule has 3 heteroatoms. The zero-order chi connectivity index (χ0) is 11.3. The second-order valence-corrected chi connectivity index (χ2v) is 4.73. The van der Waals surface area contributed by atoms with E-state index in [0.717, 1.165) is 5.92 Å². The van der Waals surface area contributed by atoms with Gasteiger partial charge in [0.05, 0.1) is 0 Å². The molecule has 0 aliphatic heterocycles. The van der Waals surface area contributed by atoms with E-state index in [-0.39, 0.29) is 0 Å². The summed E-state index contributed by atoms with van der Waals surface area (Å²) in [5, 5.41) is 2.54. The van der Waals surface area contributed by atoms with E-state index in [2.05, 4.69) is 11.4 Å². The molecule has 1 rings (SSSR count). The molecule has 1 saturated carbocycles. The van der Waals surface area contributed by atoms with Crippen molar-refractivity contribution in [3.05, 3.63) is 24.4 Å². The summed E-state index contributed by atoms with van der Waals surface area (Å²) in [5.41, 5.74) is -0.443. The smallest absolute Gasteiger partial charge is 0.411 e. The van der Waals surface area contributed by atoms with Crippen LogP contribution in [-0.4, -0.2) is 11.7 Å². The molecule has 1 amide bonds. The number of allylic oxidation sites excluding steroid dienone is 3. The van der Waals surface area contributed by atoms with Crippen LogP contribution in [0.15, 0.2) is 24.4 Å². The van der Waals surface area contributed by atoms with Crippen molar-refractivity contribution < 1.29 is 9.53 Å². The van der Waals surface area contributed by atoms with Crippen molar-refractivity contribution >= 4 is 6.09 Å². The molecule has 0 unspecified atom stereocenters. The quantitative estimate of drug-likeness (QED) is 0.726. The van der Waals surface area contributed by atoms with E-state index in [1.165, 1.54) is 12.8 Å². The standard InChI is InChI=1S/C12H19NO2/c1-12(2,3)15-11(14)13-9-5-4-6-10-7-8-10/h4-6,9-10H,7-8H2,1-3H3,(H,13,14). The van der Waals surface area contributed by atoms with E-state index in [0.29, 0.717) is 0 Å². The van der Waals surface area contributed by atoms with Gasteiger partial charge in [0.15, 0.2) is 0 Å². The highest BCUT2D eigenvalue weighted by atomic mass is 16.6. The molecule has 0 aromatic carbocycles. The van der Waals surface area contributed by atoms with Crippen molar-refractivity contribution in [1.29, 1.82) is 0 Å². The number of carbonyl (C=O) groups is 1. The van der Waals surface area contributed by atoms with E-state index >= 15 is 0 Å². The van der Waals surface area contributed by atoms with E-state index < -0.39 is 11.7 Å². The first-order valence-corrected chi connectivity index (χ1v) is 5.30. The highest BCUT2D eigenvalue weighted by Crippen LogP contribution is 2.29. The summed E-state index contributed by atoms with van der Waals surface area (Å²) >= 11 is 0. The molecule has 0 aromatic rings. The minimum atomic E-state index is -0.443. The molecule has 1 N–H and O–H groups in total. The average molecular weight is 209 g/mol. The summed E-state index contributed by atoms with van der Waals surface area (Å²) in [6.07, 6.45) is 9.67. The first-order valence-electron chi connectivity index (χ1n) is 5.30. The fourth-order valence-corrected chi connectivity index (χ4v) is 0.989. The van der Waals surface area contributed by atoms with E-state index in [1.54, 1.807) is 6.20 Å². The predicted molar refractivity (Wildman–Crippen MR) is 60.4 cm³/mol. The average Bonchev–Trinajstić information content (AvgIpc) is 2.83. The molecular formula is C12H19NO2. The maximum Gasteiger partial charge on any atom is 0.411 e. The van der Waals surface area contributed by atoms with Crippen LogP contribution in [0.5, 0.6) is 0 Å². The number of rotatable bonds is 3. The molecule has 1 aliphatic rings. The van der Waals surface area contributed by atoms with E-state index in [1.807, 2.05) is 32.9 Å². The molecular weight excluding hydrogens is 190 g/mol. The molecule has 0 atom stereocenters. The first kappa shape index (κ1) is 11.8. The number of ether oxygens (including phenoxy) is 1. The Morgan fingerprint density at radius 1 is 1.33 bits per heavy atom. The number of carbonyl (C=O) groups excluding carboxylic acids is 1. The molecule has 0 bridgehead atoms. The third-order valence-electron chi connectivity index (χ3n) is 1.81.